The van der Waals surface area contributed by atoms with Gasteiger partial charge < -0.3 is 10.1 Å². The summed E-state index contributed by atoms with van der Waals surface area (Å²) in [6.45, 7) is 7.72. The molecule has 0 aliphatic carbocycles. The molecule has 0 radical (unpaired) electrons. The number of rotatable bonds is 6. The van der Waals surface area contributed by atoms with Crippen molar-refractivity contribution in [2.75, 3.05) is 13.2 Å². The quantitative estimate of drug-likeness (QED) is 0.817. The molecule has 106 valence electrons. The van der Waals surface area contributed by atoms with Crippen LogP contribution in [-0.2, 0) is 0 Å². The number of aryl methyl sites for hydroxylation is 2. The Morgan fingerprint density at radius 2 is 1.85 bits per heavy atom. The molecule has 3 nitrogen and oxygen atoms in total. The highest BCUT2D eigenvalue weighted by Gasteiger charge is 2.06. The molecule has 0 aliphatic rings. The first kappa shape index (κ1) is 14.5. The minimum absolute atomic E-state index is 0.234. The average molecular weight is 270 g/mol. The first-order valence-electron chi connectivity index (χ1n) is 7.02. The van der Waals surface area contributed by atoms with Crippen LogP contribution in [0.1, 0.15) is 29.8 Å². The molecule has 20 heavy (non-hydrogen) atoms. The van der Waals surface area contributed by atoms with Gasteiger partial charge in [-0.05, 0) is 44.0 Å². The minimum Gasteiger partial charge on any atom is -0.492 e. The Kier molecular flexibility index (Phi) is 5.13. The number of para-hydroxylation sites is 1. The van der Waals surface area contributed by atoms with E-state index in [1.807, 2.05) is 24.4 Å². The molecule has 1 aromatic carbocycles. The number of hydrogen-bond acceptors (Lipinski definition) is 3. The van der Waals surface area contributed by atoms with Gasteiger partial charge in [-0.25, -0.2) is 0 Å². The summed E-state index contributed by atoms with van der Waals surface area (Å²) >= 11 is 0. The molecule has 0 amide bonds. The van der Waals surface area contributed by atoms with Crippen molar-refractivity contribution in [3.05, 3.63) is 59.4 Å². The standard InChI is InChI=1S/C17H22N2O/c1-13-7-6-8-14(2)17(13)20-12-11-18-15(3)16-9-4-5-10-19-16/h4-10,15,18H,11-12H2,1-3H3. The molecule has 1 N–H and O–H groups in total. The molecule has 0 bridgehead atoms. The van der Waals surface area contributed by atoms with Crippen LogP contribution in [0.15, 0.2) is 42.6 Å². The summed E-state index contributed by atoms with van der Waals surface area (Å²) in [5.41, 5.74) is 3.42. The number of pyridine rings is 1. The van der Waals surface area contributed by atoms with E-state index in [-0.39, 0.29) is 6.04 Å². The van der Waals surface area contributed by atoms with Gasteiger partial charge in [0.1, 0.15) is 12.4 Å². The van der Waals surface area contributed by atoms with Crippen LogP contribution in [0.5, 0.6) is 5.75 Å². The van der Waals surface area contributed by atoms with Gasteiger partial charge in [0.15, 0.2) is 0 Å². The second-order valence-electron chi connectivity index (χ2n) is 5.00. The molecular weight excluding hydrogens is 248 g/mol. The highest BCUT2D eigenvalue weighted by Crippen LogP contribution is 2.22. The van der Waals surface area contributed by atoms with E-state index in [4.69, 9.17) is 4.74 Å². The van der Waals surface area contributed by atoms with E-state index < -0.39 is 0 Å². The average Bonchev–Trinajstić information content (AvgIpc) is 2.46. The highest BCUT2D eigenvalue weighted by molar-refractivity contribution is 5.39. The summed E-state index contributed by atoms with van der Waals surface area (Å²) in [6.07, 6.45) is 1.82. The van der Waals surface area contributed by atoms with Crippen LogP contribution < -0.4 is 10.1 Å². The maximum Gasteiger partial charge on any atom is 0.125 e. The van der Waals surface area contributed by atoms with Crippen molar-refractivity contribution < 1.29 is 4.74 Å². The number of nitrogens with zero attached hydrogens (tertiary/aromatic N) is 1. The number of benzene rings is 1. The largest absolute Gasteiger partial charge is 0.492 e. The van der Waals surface area contributed by atoms with Gasteiger partial charge >= 0.3 is 0 Å². The summed E-state index contributed by atoms with van der Waals surface area (Å²) in [4.78, 5) is 4.34. The van der Waals surface area contributed by atoms with Gasteiger partial charge in [-0.3, -0.25) is 4.98 Å². The van der Waals surface area contributed by atoms with Crippen LogP contribution >= 0.6 is 0 Å². The number of hydrogen-bond donors (Lipinski definition) is 1. The van der Waals surface area contributed by atoms with Crippen molar-refractivity contribution in [2.24, 2.45) is 0 Å². The molecular formula is C17H22N2O. The second kappa shape index (κ2) is 7.06. The first-order chi connectivity index (χ1) is 9.68. The smallest absolute Gasteiger partial charge is 0.125 e. The molecule has 2 rings (SSSR count). The minimum atomic E-state index is 0.234. The second-order valence-corrected chi connectivity index (χ2v) is 5.00. The Labute approximate surface area is 121 Å². The molecule has 1 aromatic heterocycles. The van der Waals surface area contributed by atoms with Crippen molar-refractivity contribution in [2.45, 2.75) is 26.8 Å². The van der Waals surface area contributed by atoms with E-state index in [0.717, 1.165) is 18.0 Å². The molecule has 1 heterocycles. The van der Waals surface area contributed by atoms with Crippen LogP contribution in [0.25, 0.3) is 0 Å². The molecule has 1 unspecified atom stereocenters. The predicted molar refractivity (Wildman–Crippen MR) is 82.1 cm³/mol. The third-order valence-electron chi connectivity index (χ3n) is 3.34. The van der Waals surface area contributed by atoms with Crippen LogP contribution in [-0.4, -0.2) is 18.1 Å². The van der Waals surface area contributed by atoms with Gasteiger partial charge in [0.2, 0.25) is 0 Å². The molecule has 2 aromatic rings. The lowest BCUT2D eigenvalue weighted by atomic mass is 10.1. The van der Waals surface area contributed by atoms with Crippen molar-refractivity contribution in [1.82, 2.24) is 10.3 Å². The third kappa shape index (κ3) is 3.81. The van der Waals surface area contributed by atoms with Crippen LogP contribution in [0.3, 0.4) is 0 Å². The van der Waals surface area contributed by atoms with E-state index in [1.54, 1.807) is 0 Å². The SMILES string of the molecule is Cc1cccc(C)c1OCCNC(C)c1ccccn1. The number of nitrogens with one attached hydrogen (secondary N) is 1. The van der Waals surface area contributed by atoms with E-state index in [9.17, 15) is 0 Å². The topological polar surface area (TPSA) is 34.1 Å². The maximum atomic E-state index is 5.87. The van der Waals surface area contributed by atoms with Crippen LogP contribution in [0, 0.1) is 13.8 Å². The summed E-state index contributed by atoms with van der Waals surface area (Å²) in [5, 5.41) is 3.42. The Morgan fingerprint density at radius 1 is 1.10 bits per heavy atom. The fourth-order valence-electron chi connectivity index (χ4n) is 2.19. The first-order valence-corrected chi connectivity index (χ1v) is 7.02. The lowest BCUT2D eigenvalue weighted by Crippen LogP contribution is -2.25. The summed E-state index contributed by atoms with van der Waals surface area (Å²) < 4.78 is 5.87. The van der Waals surface area contributed by atoms with Crippen LogP contribution in [0.4, 0.5) is 0 Å². The van der Waals surface area contributed by atoms with Gasteiger partial charge in [0, 0.05) is 18.8 Å². The molecule has 0 fully saturated rings. The number of ether oxygens (including phenoxy) is 1. The third-order valence-corrected chi connectivity index (χ3v) is 3.34. The zero-order chi connectivity index (χ0) is 14.4. The molecule has 0 saturated heterocycles. The van der Waals surface area contributed by atoms with Crippen molar-refractivity contribution >= 4 is 0 Å². The van der Waals surface area contributed by atoms with Crippen molar-refractivity contribution in [1.29, 1.82) is 0 Å². The van der Waals surface area contributed by atoms with Crippen molar-refractivity contribution in [3.8, 4) is 5.75 Å². The van der Waals surface area contributed by atoms with Gasteiger partial charge in [-0.1, -0.05) is 24.3 Å². The normalized spacial score (nSPS) is 12.2. The molecule has 0 spiro atoms. The summed E-state index contributed by atoms with van der Waals surface area (Å²) in [6, 6.07) is 12.4. The Hall–Kier alpha value is -1.87. The molecule has 0 saturated carbocycles. The Balaban J connectivity index is 1.80. The van der Waals surface area contributed by atoms with Gasteiger partial charge in [-0.15, -0.1) is 0 Å². The fourth-order valence-corrected chi connectivity index (χ4v) is 2.19. The van der Waals surface area contributed by atoms with E-state index in [2.05, 4.69) is 49.3 Å². The zero-order valence-corrected chi connectivity index (χ0v) is 12.4. The summed E-state index contributed by atoms with van der Waals surface area (Å²) in [7, 11) is 0. The van der Waals surface area contributed by atoms with E-state index in [0.29, 0.717) is 6.61 Å². The molecule has 0 aliphatic heterocycles. The van der Waals surface area contributed by atoms with Gasteiger partial charge in [0.05, 0.1) is 5.69 Å². The number of aromatic nitrogens is 1. The highest BCUT2D eigenvalue weighted by atomic mass is 16.5. The Bertz CT molecular complexity index is 520. The fraction of sp³-hybridized carbons (Fsp3) is 0.353. The monoisotopic (exact) mass is 270 g/mol. The Morgan fingerprint density at radius 3 is 2.50 bits per heavy atom. The molecule has 3 heteroatoms. The van der Waals surface area contributed by atoms with E-state index in [1.165, 1.54) is 11.1 Å². The van der Waals surface area contributed by atoms with Crippen LogP contribution in [0.2, 0.25) is 0 Å². The lowest BCUT2D eigenvalue weighted by molar-refractivity contribution is 0.303. The molecule has 1 atom stereocenters. The summed E-state index contributed by atoms with van der Waals surface area (Å²) in [5.74, 6) is 1.000. The zero-order valence-electron chi connectivity index (χ0n) is 12.4. The predicted octanol–water partition coefficient (Wildman–Crippen LogP) is 3.43. The van der Waals surface area contributed by atoms with Gasteiger partial charge in [0.25, 0.3) is 0 Å². The van der Waals surface area contributed by atoms with Crippen molar-refractivity contribution in [3.63, 3.8) is 0 Å². The maximum absolute atomic E-state index is 5.87. The van der Waals surface area contributed by atoms with E-state index >= 15 is 0 Å². The van der Waals surface area contributed by atoms with Gasteiger partial charge in [-0.2, -0.15) is 0 Å². The lowest BCUT2D eigenvalue weighted by Gasteiger charge is -2.15.